The molecule has 0 aliphatic carbocycles. The van der Waals surface area contributed by atoms with E-state index in [-0.39, 0.29) is 10.2 Å². The molecule has 1 fully saturated rings. The Bertz CT molecular complexity index is 581. The summed E-state index contributed by atoms with van der Waals surface area (Å²) in [6.45, 7) is 1.44. The number of benzene rings is 1. The fraction of sp³-hybridized carbons (Fsp3) is 0.154. The van der Waals surface area contributed by atoms with Gasteiger partial charge in [0.15, 0.2) is 0 Å². The summed E-state index contributed by atoms with van der Waals surface area (Å²) in [7, 11) is 0. The predicted molar refractivity (Wildman–Crippen MR) is 78.6 cm³/mol. The molecule has 1 aliphatic heterocycles. The number of carboxylic acid groups (broad SMARTS) is 1. The van der Waals surface area contributed by atoms with Gasteiger partial charge in [0, 0.05) is 0 Å². The quantitative estimate of drug-likeness (QED) is 0.685. The van der Waals surface area contributed by atoms with E-state index in [1.54, 1.807) is 0 Å². The molecule has 0 aromatic heterocycles. The third kappa shape index (κ3) is 2.85. The Morgan fingerprint density at radius 2 is 2.00 bits per heavy atom. The smallest absolute Gasteiger partial charge is 0.323 e. The number of thioether (sulfide) groups is 1. The molecule has 0 atom stereocenters. The summed E-state index contributed by atoms with van der Waals surface area (Å²) in [6.07, 6.45) is 0. The first-order valence-electron chi connectivity index (χ1n) is 5.52. The third-order valence-corrected chi connectivity index (χ3v) is 4.24. The Labute approximate surface area is 120 Å². The fourth-order valence-corrected chi connectivity index (χ4v) is 3.02. The van der Waals surface area contributed by atoms with E-state index >= 15 is 0 Å². The number of carbonyl (C=O) groups is 2. The van der Waals surface area contributed by atoms with E-state index in [0.29, 0.717) is 4.91 Å². The van der Waals surface area contributed by atoms with E-state index in [1.807, 2.05) is 37.3 Å². The molecule has 0 radical (unpaired) electrons. The molecule has 2 rings (SSSR count). The lowest BCUT2D eigenvalue weighted by atomic mass is 10.1. The van der Waals surface area contributed by atoms with Gasteiger partial charge in [-0.05, 0) is 18.1 Å². The highest BCUT2D eigenvalue weighted by atomic mass is 32.2. The number of allylic oxidation sites excluding steroid dienone is 1. The molecule has 0 saturated carbocycles. The SMILES string of the molecule is CC(=C1SC(=S)N(CC(=O)O)C1=O)c1ccccc1. The van der Waals surface area contributed by atoms with Gasteiger partial charge in [-0.1, -0.05) is 54.3 Å². The minimum absolute atomic E-state index is 0.290. The Kier molecular flexibility index (Phi) is 4.01. The first kappa shape index (κ1) is 13.8. The van der Waals surface area contributed by atoms with Crippen molar-refractivity contribution in [3.63, 3.8) is 0 Å². The number of carboxylic acids is 1. The normalized spacial score (nSPS) is 17.8. The summed E-state index contributed by atoms with van der Waals surface area (Å²) in [5.74, 6) is -1.41. The maximum absolute atomic E-state index is 12.2. The van der Waals surface area contributed by atoms with Gasteiger partial charge in [0.1, 0.15) is 10.9 Å². The maximum Gasteiger partial charge on any atom is 0.323 e. The summed E-state index contributed by atoms with van der Waals surface area (Å²) in [5.41, 5.74) is 1.74. The van der Waals surface area contributed by atoms with Crippen LogP contribution in [0.4, 0.5) is 0 Å². The number of thiocarbonyl (C=S) groups is 1. The van der Waals surface area contributed by atoms with E-state index in [0.717, 1.165) is 27.8 Å². The maximum atomic E-state index is 12.2. The molecule has 19 heavy (non-hydrogen) atoms. The predicted octanol–water partition coefficient (Wildman–Crippen LogP) is 2.36. The number of amides is 1. The van der Waals surface area contributed by atoms with E-state index < -0.39 is 12.5 Å². The van der Waals surface area contributed by atoms with Gasteiger partial charge in [-0.15, -0.1) is 0 Å². The molecular formula is C13H11NO3S2. The second-order valence-corrected chi connectivity index (χ2v) is 5.62. The van der Waals surface area contributed by atoms with Crippen LogP contribution in [0, 0.1) is 0 Å². The number of aliphatic carboxylic acids is 1. The Hall–Kier alpha value is -1.66. The average Bonchev–Trinajstić information content (AvgIpc) is 2.66. The Balaban J connectivity index is 2.35. The van der Waals surface area contributed by atoms with Gasteiger partial charge >= 0.3 is 5.97 Å². The second kappa shape index (κ2) is 5.54. The highest BCUT2D eigenvalue weighted by Gasteiger charge is 2.34. The molecule has 6 heteroatoms. The van der Waals surface area contributed by atoms with Crippen LogP contribution in [0.2, 0.25) is 0 Å². The number of rotatable bonds is 3. The lowest BCUT2D eigenvalue weighted by molar-refractivity contribution is -0.140. The van der Waals surface area contributed by atoms with Gasteiger partial charge in [0.05, 0.1) is 4.91 Å². The minimum Gasteiger partial charge on any atom is -0.480 e. The van der Waals surface area contributed by atoms with Crippen LogP contribution in [0.5, 0.6) is 0 Å². The van der Waals surface area contributed by atoms with Gasteiger partial charge in [0.2, 0.25) is 0 Å². The van der Waals surface area contributed by atoms with Crippen LogP contribution in [-0.2, 0) is 9.59 Å². The highest BCUT2D eigenvalue weighted by Crippen LogP contribution is 2.36. The zero-order valence-electron chi connectivity index (χ0n) is 10.1. The van der Waals surface area contributed by atoms with Crippen molar-refractivity contribution in [2.45, 2.75) is 6.92 Å². The first-order chi connectivity index (χ1) is 9.00. The van der Waals surface area contributed by atoms with Crippen molar-refractivity contribution in [3.05, 3.63) is 40.8 Å². The third-order valence-electron chi connectivity index (χ3n) is 2.69. The number of hydrogen-bond donors (Lipinski definition) is 1. The summed E-state index contributed by atoms with van der Waals surface area (Å²) in [4.78, 5) is 24.5. The Morgan fingerprint density at radius 3 is 2.58 bits per heavy atom. The number of hydrogen-bond acceptors (Lipinski definition) is 4. The van der Waals surface area contributed by atoms with Crippen LogP contribution < -0.4 is 0 Å². The van der Waals surface area contributed by atoms with Crippen LogP contribution in [0.3, 0.4) is 0 Å². The molecule has 1 aliphatic rings. The zero-order chi connectivity index (χ0) is 14.0. The monoisotopic (exact) mass is 293 g/mol. The lowest BCUT2D eigenvalue weighted by Crippen LogP contribution is -2.33. The summed E-state index contributed by atoms with van der Waals surface area (Å²) in [5, 5.41) is 8.77. The molecule has 0 unspecified atom stereocenters. The molecule has 1 amide bonds. The molecule has 1 aromatic rings. The Morgan fingerprint density at radius 1 is 1.37 bits per heavy atom. The topological polar surface area (TPSA) is 57.6 Å². The molecule has 1 aromatic carbocycles. The largest absolute Gasteiger partial charge is 0.480 e. The van der Waals surface area contributed by atoms with E-state index in [2.05, 4.69) is 0 Å². The molecule has 0 spiro atoms. The first-order valence-corrected chi connectivity index (χ1v) is 6.75. The van der Waals surface area contributed by atoms with Crippen LogP contribution >= 0.6 is 24.0 Å². The molecular weight excluding hydrogens is 282 g/mol. The standard InChI is InChI=1S/C13H11NO3S2/c1-8(9-5-3-2-4-6-9)11-12(17)14(7-10(15)16)13(18)19-11/h2-6H,7H2,1H3,(H,15,16). The van der Waals surface area contributed by atoms with Gasteiger partial charge in [-0.2, -0.15) is 0 Å². The van der Waals surface area contributed by atoms with Crippen LogP contribution in [0.1, 0.15) is 12.5 Å². The number of carbonyl (C=O) groups excluding carboxylic acids is 1. The van der Waals surface area contributed by atoms with Crippen molar-refractivity contribution < 1.29 is 14.7 Å². The minimum atomic E-state index is -1.07. The molecule has 0 bridgehead atoms. The number of nitrogens with zero attached hydrogens (tertiary/aromatic N) is 1. The van der Waals surface area contributed by atoms with Gasteiger partial charge in [0.25, 0.3) is 5.91 Å². The van der Waals surface area contributed by atoms with E-state index in [1.165, 1.54) is 0 Å². The second-order valence-electron chi connectivity index (χ2n) is 3.97. The zero-order valence-corrected chi connectivity index (χ0v) is 11.8. The molecule has 98 valence electrons. The lowest BCUT2D eigenvalue weighted by Gasteiger charge is -2.10. The molecule has 1 heterocycles. The van der Waals surface area contributed by atoms with Crippen molar-refractivity contribution in [3.8, 4) is 0 Å². The van der Waals surface area contributed by atoms with Crippen LogP contribution in [-0.4, -0.2) is 32.7 Å². The van der Waals surface area contributed by atoms with Crippen molar-refractivity contribution in [1.82, 2.24) is 4.90 Å². The highest BCUT2D eigenvalue weighted by molar-refractivity contribution is 8.26. The van der Waals surface area contributed by atoms with Gasteiger partial charge in [-0.3, -0.25) is 14.5 Å². The molecule has 1 N–H and O–H groups in total. The van der Waals surface area contributed by atoms with Crippen molar-refractivity contribution >= 4 is 45.7 Å². The van der Waals surface area contributed by atoms with Gasteiger partial charge in [-0.25, -0.2) is 0 Å². The van der Waals surface area contributed by atoms with Crippen molar-refractivity contribution in [1.29, 1.82) is 0 Å². The molecule has 1 saturated heterocycles. The van der Waals surface area contributed by atoms with Crippen molar-refractivity contribution in [2.75, 3.05) is 6.54 Å². The van der Waals surface area contributed by atoms with Crippen molar-refractivity contribution in [2.24, 2.45) is 0 Å². The van der Waals surface area contributed by atoms with Crippen LogP contribution in [0.15, 0.2) is 35.2 Å². The van der Waals surface area contributed by atoms with E-state index in [4.69, 9.17) is 17.3 Å². The van der Waals surface area contributed by atoms with E-state index in [9.17, 15) is 9.59 Å². The van der Waals surface area contributed by atoms with Gasteiger partial charge < -0.3 is 5.11 Å². The van der Waals surface area contributed by atoms with Crippen LogP contribution in [0.25, 0.3) is 5.57 Å². The summed E-state index contributed by atoms with van der Waals surface area (Å²) in [6, 6.07) is 9.47. The summed E-state index contributed by atoms with van der Waals surface area (Å²) >= 11 is 6.20. The molecule has 4 nitrogen and oxygen atoms in total. The fourth-order valence-electron chi connectivity index (χ4n) is 1.72. The average molecular weight is 293 g/mol. The summed E-state index contributed by atoms with van der Waals surface area (Å²) < 4.78 is 0.290.